The van der Waals surface area contributed by atoms with Crippen molar-refractivity contribution in [1.29, 1.82) is 0 Å². The first-order valence-electron chi connectivity index (χ1n) is 7.51. The maximum atomic E-state index is 12.8. The number of nitrogen functional groups attached to an aromatic ring is 1. The molecule has 11 heteroatoms. The molecule has 0 aliphatic heterocycles. The van der Waals surface area contributed by atoms with Gasteiger partial charge in [-0.15, -0.1) is 11.3 Å². The zero-order valence-electron chi connectivity index (χ0n) is 13.4. The van der Waals surface area contributed by atoms with E-state index in [2.05, 4.69) is 20.2 Å². The van der Waals surface area contributed by atoms with Gasteiger partial charge in [0, 0.05) is 46.3 Å². The Morgan fingerprint density at radius 2 is 2.00 bits per heavy atom. The van der Waals surface area contributed by atoms with Gasteiger partial charge in [-0.05, 0) is 12.1 Å². The number of hydrogen-bond acceptors (Lipinski definition) is 7. The molecule has 0 unspecified atom stereocenters. The smallest absolute Gasteiger partial charge is 0.343 e. The molecule has 0 atom stereocenters. The molecule has 26 heavy (non-hydrogen) atoms. The molecule has 0 spiro atoms. The number of hydrogen-bond donors (Lipinski definition) is 3. The molecule has 0 fully saturated rings. The zero-order valence-corrected chi connectivity index (χ0v) is 14.3. The second-order valence-corrected chi connectivity index (χ2v) is 6.54. The van der Waals surface area contributed by atoms with Gasteiger partial charge in [0.25, 0.3) is 6.08 Å². The number of nitrogens with zero attached hydrogens (tertiary/aromatic N) is 4. The van der Waals surface area contributed by atoms with Crippen LogP contribution in [0.2, 0.25) is 0 Å². The van der Waals surface area contributed by atoms with E-state index in [1.807, 2.05) is 12.1 Å². The summed E-state index contributed by atoms with van der Waals surface area (Å²) in [5.41, 5.74) is 10.9. The van der Waals surface area contributed by atoms with Crippen LogP contribution < -0.4 is 17.2 Å². The SMILES string of the molecule is NCC(Cc1n[nH]c(=O)n1Cc1ccc(-c2cnc(N)nc2)s1)=C(F)F. The lowest BCUT2D eigenvalue weighted by atomic mass is 10.2. The average Bonchev–Trinajstić information content (AvgIpc) is 3.22. The van der Waals surface area contributed by atoms with Crippen molar-refractivity contribution in [3.8, 4) is 10.4 Å². The van der Waals surface area contributed by atoms with Gasteiger partial charge in [-0.1, -0.05) is 0 Å². The highest BCUT2D eigenvalue weighted by Gasteiger charge is 2.15. The number of anilines is 1. The highest BCUT2D eigenvalue weighted by molar-refractivity contribution is 7.15. The zero-order chi connectivity index (χ0) is 18.7. The average molecular weight is 379 g/mol. The highest BCUT2D eigenvalue weighted by atomic mass is 32.1. The van der Waals surface area contributed by atoms with Crippen LogP contribution in [0.1, 0.15) is 10.7 Å². The molecule has 3 aromatic rings. The summed E-state index contributed by atoms with van der Waals surface area (Å²) in [5.74, 6) is 0.387. The lowest BCUT2D eigenvalue weighted by Crippen LogP contribution is -2.20. The summed E-state index contributed by atoms with van der Waals surface area (Å²) >= 11 is 1.43. The Morgan fingerprint density at radius 1 is 1.27 bits per heavy atom. The standard InChI is InChI=1S/C15H15F2N7OS/c16-13(17)8(4-18)3-12-22-23-15(25)24(12)7-10-1-2-11(26-10)9-5-20-14(19)21-6-9/h1-2,5-6H,3-4,7,18H2,(H,23,25)(H2,19,20,21). The van der Waals surface area contributed by atoms with Crippen LogP contribution in [0, 0.1) is 0 Å². The van der Waals surface area contributed by atoms with Crippen LogP contribution in [-0.2, 0) is 13.0 Å². The Bertz CT molecular complexity index is 986. The van der Waals surface area contributed by atoms with Gasteiger partial charge in [0.1, 0.15) is 5.82 Å². The molecule has 0 aromatic carbocycles. The molecule has 3 aromatic heterocycles. The van der Waals surface area contributed by atoms with Gasteiger partial charge in [-0.2, -0.15) is 13.9 Å². The maximum absolute atomic E-state index is 12.8. The topological polar surface area (TPSA) is 128 Å². The van der Waals surface area contributed by atoms with Crippen LogP contribution in [0.5, 0.6) is 0 Å². The molecular weight excluding hydrogens is 364 g/mol. The molecule has 0 saturated carbocycles. The molecule has 5 N–H and O–H groups in total. The van der Waals surface area contributed by atoms with Crippen LogP contribution in [0.25, 0.3) is 10.4 Å². The molecule has 0 bridgehead atoms. The van der Waals surface area contributed by atoms with Gasteiger partial charge in [-0.3, -0.25) is 4.57 Å². The van der Waals surface area contributed by atoms with Crippen LogP contribution >= 0.6 is 11.3 Å². The third kappa shape index (κ3) is 3.83. The third-order valence-electron chi connectivity index (χ3n) is 3.65. The fourth-order valence-corrected chi connectivity index (χ4v) is 3.27. The Balaban J connectivity index is 1.84. The summed E-state index contributed by atoms with van der Waals surface area (Å²) in [6.45, 7) is -0.0966. The predicted octanol–water partition coefficient (Wildman–Crippen LogP) is 1.37. The van der Waals surface area contributed by atoms with E-state index in [4.69, 9.17) is 11.5 Å². The summed E-state index contributed by atoms with van der Waals surface area (Å²) in [7, 11) is 0. The van der Waals surface area contributed by atoms with E-state index in [1.54, 1.807) is 12.4 Å². The van der Waals surface area contributed by atoms with Crippen LogP contribution in [-0.4, -0.2) is 31.3 Å². The fraction of sp³-hybridized carbons (Fsp3) is 0.200. The van der Waals surface area contributed by atoms with Crippen molar-refractivity contribution >= 4 is 17.3 Å². The molecule has 0 saturated heterocycles. The minimum Gasteiger partial charge on any atom is -0.368 e. The van der Waals surface area contributed by atoms with Gasteiger partial charge in [-0.25, -0.2) is 19.9 Å². The van der Waals surface area contributed by atoms with E-state index in [-0.39, 0.29) is 36.9 Å². The number of H-pyrrole nitrogens is 1. The molecule has 0 amide bonds. The molecular formula is C15H15F2N7OS. The van der Waals surface area contributed by atoms with Crippen molar-refractivity contribution in [3.63, 3.8) is 0 Å². The van der Waals surface area contributed by atoms with Gasteiger partial charge >= 0.3 is 5.69 Å². The van der Waals surface area contributed by atoms with Gasteiger partial charge in [0.15, 0.2) is 0 Å². The molecule has 136 valence electrons. The number of rotatable bonds is 6. The van der Waals surface area contributed by atoms with Crippen molar-refractivity contribution < 1.29 is 8.78 Å². The fourth-order valence-electron chi connectivity index (χ4n) is 2.29. The Hall–Kier alpha value is -2.92. The van der Waals surface area contributed by atoms with Crippen LogP contribution in [0.4, 0.5) is 14.7 Å². The van der Waals surface area contributed by atoms with E-state index in [9.17, 15) is 13.6 Å². The van der Waals surface area contributed by atoms with E-state index >= 15 is 0 Å². The monoisotopic (exact) mass is 379 g/mol. The summed E-state index contributed by atoms with van der Waals surface area (Å²) in [6, 6.07) is 3.71. The minimum atomic E-state index is -1.85. The van der Waals surface area contributed by atoms with E-state index < -0.39 is 11.8 Å². The largest absolute Gasteiger partial charge is 0.368 e. The summed E-state index contributed by atoms with van der Waals surface area (Å²) in [6.07, 6.45) is 1.17. The van der Waals surface area contributed by atoms with Crippen LogP contribution in [0.15, 0.2) is 41.0 Å². The predicted molar refractivity (Wildman–Crippen MR) is 93.7 cm³/mol. The van der Waals surface area contributed by atoms with Crippen molar-refractivity contribution in [3.05, 3.63) is 57.4 Å². The normalized spacial score (nSPS) is 10.9. The van der Waals surface area contributed by atoms with Crippen molar-refractivity contribution in [2.45, 2.75) is 13.0 Å². The molecule has 0 aliphatic rings. The third-order valence-corrected chi connectivity index (χ3v) is 4.77. The van der Waals surface area contributed by atoms with Crippen molar-refractivity contribution in [2.24, 2.45) is 5.73 Å². The maximum Gasteiger partial charge on any atom is 0.343 e. The second kappa shape index (κ2) is 7.54. The minimum absolute atomic E-state index is 0.184. The number of aromatic amines is 1. The Labute approximate surface area is 150 Å². The molecule has 8 nitrogen and oxygen atoms in total. The molecule has 0 aliphatic carbocycles. The van der Waals surface area contributed by atoms with Crippen molar-refractivity contribution in [1.82, 2.24) is 24.7 Å². The molecule has 0 radical (unpaired) electrons. The Morgan fingerprint density at radius 3 is 2.65 bits per heavy atom. The van der Waals surface area contributed by atoms with E-state index in [1.165, 1.54) is 15.9 Å². The second-order valence-electron chi connectivity index (χ2n) is 5.37. The van der Waals surface area contributed by atoms with E-state index in [0.717, 1.165) is 15.3 Å². The summed E-state index contributed by atoms with van der Waals surface area (Å²) < 4.78 is 27.0. The summed E-state index contributed by atoms with van der Waals surface area (Å²) in [4.78, 5) is 21.6. The quantitative estimate of drug-likeness (QED) is 0.593. The van der Waals surface area contributed by atoms with Gasteiger partial charge in [0.2, 0.25) is 5.95 Å². The number of nitrogens with two attached hydrogens (primary N) is 2. The molecule has 3 heterocycles. The molecule has 3 rings (SSSR count). The number of thiophene rings is 1. The summed E-state index contributed by atoms with van der Waals surface area (Å²) in [5, 5.41) is 6.12. The lowest BCUT2D eigenvalue weighted by molar-refractivity contribution is 0.407. The van der Waals surface area contributed by atoms with Gasteiger partial charge in [0.05, 0.1) is 6.54 Å². The first-order chi connectivity index (χ1) is 12.5. The highest BCUT2D eigenvalue weighted by Crippen LogP contribution is 2.27. The lowest BCUT2D eigenvalue weighted by Gasteiger charge is -2.05. The first kappa shape index (κ1) is 17.9. The van der Waals surface area contributed by atoms with Crippen LogP contribution in [0.3, 0.4) is 0 Å². The number of halogens is 2. The van der Waals surface area contributed by atoms with Crippen molar-refractivity contribution in [2.75, 3.05) is 12.3 Å². The number of nitrogens with one attached hydrogen (secondary N) is 1. The van der Waals surface area contributed by atoms with Gasteiger partial charge < -0.3 is 11.5 Å². The number of aromatic nitrogens is 5. The Kier molecular flexibility index (Phi) is 5.19. The first-order valence-corrected chi connectivity index (χ1v) is 8.33. The van der Waals surface area contributed by atoms with E-state index in [0.29, 0.717) is 0 Å².